The summed E-state index contributed by atoms with van der Waals surface area (Å²) >= 11 is 0. The van der Waals surface area contributed by atoms with Crippen LogP contribution in [0.3, 0.4) is 0 Å². The van der Waals surface area contributed by atoms with Gasteiger partial charge in [-0.1, -0.05) is 0 Å². The molecule has 0 aromatic carbocycles. The number of aliphatic hydroxyl groups is 1. The van der Waals surface area contributed by atoms with Gasteiger partial charge < -0.3 is 14.9 Å². The number of fused-ring (bicyclic) bond motifs is 2. The first-order valence-electron chi connectivity index (χ1n) is 6.39. The molecule has 17 heavy (non-hydrogen) atoms. The van der Waals surface area contributed by atoms with Gasteiger partial charge in [-0.05, 0) is 13.5 Å². The molecule has 3 heterocycles. The molecular weight excluding hydrogens is 218 g/mol. The smallest absolute Gasteiger partial charge is 0.219 e. The third-order valence-corrected chi connectivity index (χ3v) is 4.49. The molecule has 3 saturated heterocycles. The molecule has 1 spiro atoms. The van der Waals surface area contributed by atoms with Crippen LogP contribution in [0.2, 0.25) is 0 Å². The minimum Gasteiger partial charge on any atom is -0.392 e. The van der Waals surface area contributed by atoms with Crippen molar-refractivity contribution in [3.8, 4) is 0 Å². The number of carbonyl (C=O) groups excluding carboxylic acids is 1. The molecule has 0 aliphatic carbocycles. The monoisotopic (exact) mass is 239 g/mol. The zero-order chi connectivity index (χ0) is 12.2. The van der Waals surface area contributed by atoms with Crippen molar-refractivity contribution in [3.63, 3.8) is 0 Å². The number of hydrogen-bond donors (Lipinski definition) is 1. The fourth-order valence-electron chi connectivity index (χ4n) is 3.89. The second-order valence-electron chi connectivity index (χ2n) is 5.99. The van der Waals surface area contributed by atoms with Gasteiger partial charge in [-0.25, -0.2) is 0 Å². The zero-order valence-electron chi connectivity index (χ0n) is 10.6. The maximum atomic E-state index is 11.6. The van der Waals surface area contributed by atoms with Crippen LogP contribution >= 0.6 is 0 Å². The largest absolute Gasteiger partial charge is 0.392 e. The number of piperazine rings is 1. The molecule has 3 fully saturated rings. The van der Waals surface area contributed by atoms with E-state index in [0.717, 1.165) is 39.1 Å². The van der Waals surface area contributed by atoms with Crippen LogP contribution in [0.25, 0.3) is 0 Å². The van der Waals surface area contributed by atoms with Gasteiger partial charge in [-0.15, -0.1) is 0 Å². The summed E-state index contributed by atoms with van der Waals surface area (Å²) in [6.07, 6.45) is 0.601. The maximum absolute atomic E-state index is 11.6. The van der Waals surface area contributed by atoms with E-state index in [2.05, 4.69) is 16.8 Å². The van der Waals surface area contributed by atoms with Crippen molar-refractivity contribution in [2.75, 3.05) is 39.8 Å². The second-order valence-corrected chi connectivity index (χ2v) is 5.99. The summed E-state index contributed by atoms with van der Waals surface area (Å²) in [7, 11) is 2.11. The molecule has 0 bridgehead atoms. The van der Waals surface area contributed by atoms with Crippen LogP contribution in [0.15, 0.2) is 0 Å². The quantitative estimate of drug-likeness (QED) is 0.587. The first-order valence-corrected chi connectivity index (χ1v) is 6.39. The molecule has 3 aliphatic rings. The van der Waals surface area contributed by atoms with Gasteiger partial charge >= 0.3 is 0 Å². The number of amides is 1. The standard InChI is InChI=1S/C12H21N3O2/c1-9(16)14-4-10-3-11(17)5-15(10)12(8-14)6-13(2)7-12/h10-11,17H,3-8H2,1-2H3/t10-,11+/m0/s1. The summed E-state index contributed by atoms with van der Waals surface area (Å²) in [5, 5.41) is 9.84. The van der Waals surface area contributed by atoms with E-state index >= 15 is 0 Å². The number of carbonyl (C=O) groups is 1. The highest BCUT2D eigenvalue weighted by Crippen LogP contribution is 2.38. The van der Waals surface area contributed by atoms with E-state index in [0.29, 0.717) is 6.04 Å². The highest BCUT2D eigenvalue weighted by atomic mass is 16.3. The Morgan fingerprint density at radius 2 is 2.00 bits per heavy atom. The topological polar surface area (TPSA) is 47.0 Å². The van der Waals surface area contributed by atoms with Crippen molar-refractivity contribution >= 4 is 5.91 Å². The molecule has 0 radical (unpaired) electrons. The van der Waals surface area contributed by atoms with E-state index in [9.17, 15) is 9.90 Å². The highest BCUT2D eigenvalue weighted by molar-refractivity contribution is 5.73. The second kappa shape index (κ2) is 3.67. The van der Waals surface area contributed by atoms with E-state index in [1.165, 1.54) is 0 Å². The molecule has 0 saturated carbocycles. The lowest BCUT2D eigenvalue weighted by Crippen LogP contribution is -2.77. The lowest BCUT2D eigenvalue weighted by molar-refractivity contribution is -0.146. The molecule has 3 rings (SSSR count). The number of β-amino-alcohol motifs (C(OH)–C–C–N with tert-alkyl or cyclic N) is 1. The number of rotatable bonds is 0. The molecular formula is C12H21N3O2. The normalized spacial score (nSPS) is 37.0. The van der Waals surface area contributed by atoms with Crippen molar-refractivity contribution in [1.29, 1.82) is 0 Å². The highest BCUT2D eigenvalue weighted by Gasteiger charge is 2.55. The Balaban J connectivity index is 1.83. The Labute approximate surface area is 102 Å². The summed E-state index contributed by atoms with van der Waals surface area (Å²) in [5.74, 6) is 0.167. The maximum Gasteiger partial charge on any atom is 0.219 e. The van der Waals surface area contributed by atoms with Gasteiger partial charge in [-0.3, -0.25) is 9.69 Å². The molecule has 2 atom stereocenters. The third kappa shape index (κ3) is 1.68. The molecule has 3 aliphatic heterocycles. The predicted octanol–water partition coefficient (Wildman–Crippen LogP) is -1.03. The molecule has 0 unspecified atom stereocenters. The lowest BCUT2D eigenvalue weighted by Gasteiger charge is -2.60. The van der Waals surface area contributed by atoms with E-state index in [1.54, 1.807) is 6.92 Å². The first kappa shape index (κ1) is 11.4. The van der Waals surface area contributed by atoms with Gasteiger partial charge in [0.05, 0.1) is 11.6 Å². The van der Waals surface area contributed by atoms with Gasteiger partial charge in [0.1, 0.15) is 0 Å². The van der Waals surface area contributed by atoms with E-state index in [1.807, 2.05) is 4.90 Å². The van der Waals surface area contributed by atoms with Gasteiger partial charge in [0.25, 0.3) is 0 Å². The van der Waals surface area contributed by atoms with Gasteiger partial charge in [0.2, 0.25) is 5.91 Å². The molecule has 96 valence electrons. The average Bonchev–Trinajstić information content (AvgIpc) is 2.56. The third-order valence-electron chi connectivity index (χ3n) is 4.49. The fourth-order valence-corrected chi connectivity index (χ4v) is 3.89. The Morgan fingerprint density at radius 3 is 2.59 bits per heavy atom. The van der Waals surface area contributed by atoms with Crippen LogP contribution in [0.5, 0.6) is 0 Å². The SMILES string of the molecule is CC(=O)N1C[C@@H]2C[C@@H](O)CN2C2(CN(C)C2)C1. The molecule has 5 nitrogen and oxygen atoms in total. The Hall–Kier alpha value is -0.650. The molecule has 0 aromatic heterocycles. The molecule has 1 amide bonds. The van der Waals surface area contributed by atoms with Crippen molar-refractivity contribution < 1.29 is 9.90 Å². The lowest BCUT2D eigenvalue weighted by atomic mass is 9.84. The Kier molecular flexibility index (Phi) is 2.47. The molecule has 1 N–H and O–H groups in total. The Morgan fingerprint density at radius 1 is 1.29 bits per heavy atom. The van der Waals surface area contributed by atoms with Crippen LogP contribution in [0, 0.1) is 0 Å². The predicted molar refractivity (Wildman–Crippen MR) is 63.6 cm³/mol. The minimum absolute atomic E-state index is 0.112. The molecule has 0 aromatic rings. The van der Waals surface area contributed by atoms with E-state index in [-0.39, 0.29) is 17.6 Å². The van der Waals surface area contributed by atoms with Crippen molar-refractivity contribution in [2.45, 2.75) is 31.0 Å². The number of likely N-dealkylation sites (N-methyl/N-ethyl adjacent to an activating group) is 1. The summed E-state index contributed by atoms with van der Waals surface area (Å²) in [6.45, 7) is 6.08. The minimum atomic E-state index is -0.213. The number of nitrogens with zero attached hydrogens (tertiary/aromatic N) is 3. The van der Waals surface area contributed by atoms with E-state index in [4.69, 9.17) is 0 Å². The van der Waals surface area contributed by atoms with Crippen LogP contribution in [0.1, 0.15) is 13.3 Å². The summed E-state index contributed by atoms with van der Waals surface area (Å²) < 4.78 is 0. The van der Waals surface area contributed by atoms with Crippen LogP contribution in [-0.4, -0.2) is 83.2 Å². The zero-order valence-corrected chi connectivity index (χ0v) is 10.6. The van der Waals surface area contributed by atoms with Crippen molar-refractivity contribution in [1.82, 2.24) is 14.7 Å². The summed E-state index contributed by atoms with van der Waals surface area (Å²) in [5.41, 5.74) is 0.112. The fraction of sp³-hybridized carbons (Fsp3) is 0.917. The van der Waals surface area contributed by atoms with Gasteiger partial charge in [-0.2, -0.15) is 0 Å². The van der Waals surface area contributed by atoms with Crippen LogP contribution < -0.4 is 0 Å². The van der Waals surface area contributed by atoms with Gasteiger partial charge in [0, 0.05) is 45.7 Å². The number of aliphatic hydroxyl groups excluding tert-OH is 1. The number of likely N-dealkylation sites (tertiary alicyclic amines) is 1. The summed E-state index contributed by atoms with van der Waals surface area (Å²) in [6, 6.07) is 0.358. The summed E-state index contributed by atoms with van der Waals surface area (Å²) in [4.78, 5) is 18.3. The van der Waals surface area contributed by atoms with Crippen LogP contribution in [0.4, 0.5) is 0 Å². The van der Waals surface area contributed by atoms with Gasteiger partial charge in [0.15, 0.2) is 0 Å². The Bertz CT molecular complexity index is 341. The first-order chi connectivity index (χ1) is 8.00. The van der Waals surface area contributed by atoms with Crippen LogP contribution in [-0.2, 0) is 4.79 Å². The average molecular weight is 239 g/mol. The number of hydrogen-bond acceptors (Lipinski definition) is 4. The van der Waals surface area contributed by atoms with Crippen molar-refractivity contribution in [3.05, 3.63) is 0 Å². The van der Waals surface area contributed by atoms with Crippen molar-refractivity contribution in [2.24, 2.45) is 0 Å². The molecule has 5 heteroatoms. The van der Waals surface area contributed by atoms with E-state index < -0.39 is 0 Å².